The molecule has 0 aliphatic heterocycles. The number of carbonyl (C=O) groups is 1. The second kappa shape index (κ2) is 7.12. The van der Waals surface area contributed by atoms with Gasteiger partial charge >= 0.3 is 5.97 Å². The number of carbonyl (C=O) groups excluding carboxylic acids is 1. The van der Waals surface area contributed by atoms with E-state index in [2.05, 4.69) is 15.2 Å². The smallest absolute Gasteiger partial charge is 0.311 e. The number of anilines is 1. The Bertz CT molecular complexity index is 913. The van der Waals surface area contributed by atoms with E-state index in [-0.39, 0.29) is 12.4 Å². The molecule has 25 heavy (non-hydrogen) atoms. The number of methoxy groups -OCH3 is 1. The molecule has 0 spiro atoms. The van der Waals surface area contributed by atoms with Crippen LogP contribution in [-0.4, -0.2) is 36.6 Å². The van der Waals surface area contributed by atoms with Gasteiger partial charge in [0.15, 0.2) is 5.82 Å². The topological polar surface area (TPSA) is 71.6 Å². The number of hydrogen-bond donors (Lipinski definition) is 0. The minimum absolute atomic E-state index is 0.0477. The lowest BCUT2D eigenvalue weighted by Gasteiger charge is -2.11. The van der Waals surface area contributed by atoms with Gasteiger partial charge in [-0.1, -0.05) is 6.07 Å². The molecular weight excluding hydrogens is 318 g/mol. The summed E-state index contributed by atoms with van der Waals surface area (Å²) >= 11 is 0. The van der Waals surface area contributed by atoms with Gasteiger partial charge in [-0.15, -0.1) is 10.2 Å². The van der Waals surface area contributed by atoms with Gasteiger partial charge < -0.3 is 9.64 Å². The molecule has 3 aromatic rings. The van der Waals surface area contributed by atoms with E-state index < -0.39 is 0 Å². The van der Waals surface area contributed by atoms with Gasteiger partial charge in [0.25, 0.3) is 0 Å². The van der Waals surface area contributed by atoms with Gasteiger partial charge in [-0.05, 0) is 36.4 Å². The van der Waals surface area contributed by atoms with Crippen LogP contribution in [0.15, 0.2) is 58.9 Å². The molecule has 0 saturated carbocycles. The molecule has 0 bridgehead atoms. The number of benzene rings is 1. The van der Waals surface area contributed by atoms with E-state index in [0.29, 0.717) is 17.2 Å². The maximum absolute atomic E-state index is 11.6. The Labute approximate surface area is 145 Å². The van der Waals surface area contributed by atoms with Crippen LogP contribution in [0.25, 0.3) is 5.65 Å². The molecule has 0 amide bonds. The lowest BCUT2D eigenvalue weighted by molar-refractivity contribution is -0.139. The molecular formula is C18H19N5O2. The summed E-state index contributed by atoms with van der Waals surface area (Å²) in [5.41, 5.74) is 3.05. The lowest BCUT2D eigenvalue weighted by atomic mass is 10.3. The maximum atomic E-state index is 11.6. The number of esters is 1. The first kappa shape index (κ1) is 16.6. The summed E-state index contributed by atoms with van der Waals surface area (Å²) in [6, 6.07) is 13.3. The summed E-state index contributed by atoms with van der Waals surface area (Å²) < 4.78 is 6.54. The zero-order chi connectivity index (χ0) is 17.8. The lowest BCUT2D eigenvalue weighted by Crippen LogP contribution is -2.07. The zero-order valence-corrected chi connectivity index (χ0v) is 14.4. The van der Waals surface area contributed by atoms with Crippen molar-refractivity contribution in [3.8, 4) is 0 Å². The normalized spacial score (nSPS) is 11.2. The average molecular weight is 337 g/mol. The highest BCUT2D eigenvalue weighted by atomic mass is 16.5. The minimum atomic E-state index is -0.366. The number of hydrogen-bond acceptors (Lipinski definition) is 6. The van der Waals surface area contributed by atoms with Crippen molar-refractivity contribution in [2.75, 3.05) is 26.1 Å². The van der Waals surface area contributed by atoms with E-state index in [0.717, 1.165) is 11.4 Å². The van der Waals surface area contributed by atoms with E-state index in [1.54, 1.807) is 4.40 Å². The molecule has 0 N–H and O–H groups in total. The third-order valence-electron chi connectivity index (χ3n) is 3.74. The van der Waals surface area contributed by atoms with Crippen LogP contribution in [-0.2, 0) is 16.0 Å². The van der Waals surface area contributed by atoms with Gasteiger partial charge in [0.2, 0.25) is 0 Å². The maximum Gasteiger partial charge on any atom is 0.311 e. The van der Waals surface area contributed by atoms with Crippen LogP contribution >= 0.6 is 0 Å². The Kier molecular flexibility index (Phi) is 4.74. The van der Waals surface area contributed by atoms with E-state index in [1.807, 2.05) is 67.7 Å². The Morgan fingerprint density at radius 1 is 1.16 bits per heavy atom. The molecule has 128 valence electrons. The standard InChI is InChI=1S/C18H19N5O2/c1-22(2)14-9-7-13(8-10-14)20-21-18-15(12-17(24)25-3)19-16-6-4-5-11-23(16)18/h4-11H,12H2,1-3H3. The van der Waals surface area contributed by atoms with Crippen molar-refractivity contribution >= 4 is 28.8 Å². The Morgan fingerprint density at radius 2 is 1.92 bits per heavy atom. The van der Waals surface area contributed by atoms with Crippen LogP contribution in [0.3, 0.4) is 0 Å². The fourth-order valence-corrected chi connectivity index (χ4v) is 2.39. The molecule has 0 saturated heterocycles. The molecule has 0 aliphatic carbocycles. The van der Waals surface area contributed by atoms with Crippen molar-refractivity contribution in [1.82, 2.24) is 9.38 Å². The van der Waals surface area contributed by atoms with Crippen molar-refractivity contribution < 1.29 is 9.53 Å². The van der Waals surface area contributed by atoms with Crippen LogP contribution in [0.4, 0.5) is 17.2 Å². The van der Waals surface area contributed by atoms with Gasteiger partial charge in [-0.2, -0.15) is 0 Å². The van der Waals surface area contributed by atoms with Crippen molar-refractivity contribution in [2.45, 2.75) is 6.42 Å². The largest absolute Gasteiger partial charge is 0.469 e. The number of imidazole rings is 1. The zero-order valence-electron chi connectivity index (χ0n) is 14.4. The van der Waals surface area contributed by atoms with Gasteiger partial charge in [0.1, 0.15) is 5.65 Å². The molecule has 2 aromatic heterocycles. The predicted octanol–water partition coefficient (Wildman–Crippen LogP) is 3.53. The number of fused-ring (bicyclic) bond motifs is 1. The molecule has 2 heterocycles. The number of aromatic nitrogens is 2. The van der Waals surface area contributed by atoms with E-state index in [1.165, 1.54) is 7.11 Å². The molecule has 7 nitrogen and oxygen atoms in total. The summed E-state index contributed by atoms with van der Waals surface area (Å²) in [4.78, 5) is 18.1. The summed E-state index contributed by atoms with van der Waals surface area (Å²) in [6.07, 6.45) is 1.89. The van der Waals surface area contributed by atoms with Crippen molar-refractivity contribution in [2.24, 2.45) is 10.2 Å². The molecule has 7 heteroatoms. The average Bonchev–Trinajstić information content (AvgIpc) is 2.97. The fourth-order valence-electron chi connectivity index (χ4n) is 2.39. The first-order chi connectivity index (χ1) is 12.1. The number of nitrogens with zero attached hydrogens (tertiary/aromatic N) is 5. The summed E-state index contributed by atoms with van der Waals surface area (Å²) in [7, 11) is 5.31. The van der Waals surface area contributed by atoms with E-state index >= 15 is 0 Å². The first-order valence-corrected chi connectivity index (χ1v) is 7.80. The molecule has 3 rings (SSSR count). The summed E-state index contributed by atoms with van der Waals surface area (Å²) in [5.74, 6) is 0.160. The highest BCUT2D eigenvalue weighted by Gasteiger charge is 2.15. The van der Waals surface area contributed by atoms with Crippen LogP contribution in [0.1, 0.15) is 5.69 Å². The van der Waals surface area contributed by atoms with Crippen LogP contribution in [0.5, 0.6) is 0 Å². The predicted molar refractivity (Wildman–Crippen MR) is 95.9 cm³/mol. The van der Waals surface area contributed by atoms with Crippen molar-refractivity contribution in [1.29, 1.82) is 0 Å². The Morgan fingerprint density at radius 3 is 2.60 bits per heavy atom. The quantitative estimate of drug-likeness (QED) is 0.527. The highest BCUT2D eigenvalue weighted by molar-refractivity contribution is 5.74. The van der Waals surface area contributed by atoms with Gasteiger partial charge in [0.05, 0.1) is 24.9 Å². The highest BCUT2D eigenvalue weighted by Crippen LogP contribution is 2.25. The monoisotopic (exact) mass is 337 g/mol. The summed E-state index contributed by atoms with van der Waals surface area (Å²) in [6.45, 7) is 0. The van der Waals surface area contributed by atoms with Gasteiger partial charge in [-0.25, -0.2) is 4.98 Å². The second-order valence-electron chi connectivity index (χ2n) is 5.67. The van der Waals surface area contributed by atoms with E-state index in [4.69, 9.17) is 4.74 Å². The van der Waals surface area contributed by atoms with Gasteiger partial charge in [0, 0.05) is 26.0 Å². The molecule has 0 aliphatic rings. The van der Waals surface area contributed by atoms with Gasteiger partial charge in [-0.3, -0.25) is 9.20 Å². The summed E-state index contributed by atoms with van der Waals surface area (Å²) in [5, 5.41) is 8.62. The van der Waals surface area contributed by atoms with Crippen molar-refractivity contribution in [3.05, 3.63) is 54.4 Å². The molecule has 1 aromatic carbocycles. The molecule has 0 fully saturated rings. The SMILES string of the molecule is COC(=O)Cc1nc2ccccn2c1N=Nc1ccc(N(C)C)cc1. The number of pyridine rings is 1. The van der Waals surface area contributed by atoms with E-state index in [9.17, 15) is 4.79 Å². The number of rotatable bonds is 5. The first-order valence-electron chi connectivity index (χ1n) is 7.80. The third kappa shape index (κ3) is 3.65. The Balaban J connectivity index is 1.96. The van der Waals surface area contributed by atoms with Crippen LogP contribution in [0.2, 0.25) is 0 Å². The van der Waals surface area contributed by atoms with Crippen LogP contribution in [0, 0.1) is 0 Å². The molecule has 0 atom stereocenters. The number of azo groups is 1. The fraction of sp³-hybridized carbons (Fsp3) is 0.222. The molecule has 0 radical (unpaired) electrons. The number of ether oxygens (including phenoxy) is 1. The minimum Gasteiger partial charge on any atom is -0.469 e. The molecule has 0 unspecified atom stereocenters. The second-order valence-corrected chi connectivity index (χ2v) is 5.67. The third-order valence-corrected chi connectivity index (χ3v) is 3.74. The van der Waals surface area contributed by atoms with Crippen LogP contribution < -0.4 is 4.90 Å². The van der Waals surface area contributed by atoms with Crippen molar-refractivity contribution in [3.63, 3.8) is 0 Å². The Hall–Kier alpha value is -3.22.